The average molecular weight is 565 g/mol. The van der Waals surface area contributed by atoms with Crippen LogP contribution in [0.25, 0.3) is 10.9 Å². The molecule has 4 aromatic rings. The van der Waals surface area contributed by atoms with E-state index < -0.39 is 40.9 Å². The first kappa shape index (κ1) is 25.8. The summed E-state index contributed by atoms with van der Waals surface area (Å²) in [5, 5.41) is 3.63. The Morgan fingerprint density at radius 3 is 2.61 bits per heavy atom. The number of ether oxygens (including phenoxy) is 2. The van der Waals surface area contributed by atoms with Crippen molar-refractivity contribution in [3.8, 4) is 5.75 Å². The second-order valence-electron chi connectivity index (χ2n) is 8.19. The molecule has 0 fully saturated rings. The minimum atomic E-state index is -4.08. The molecule has 0 N–H and O–H groups in total. The molecule has 10 nitrogen and oxygen atoms in total. The van der Waals surface area contributed by atoms with Crippen molar-refractivity contribution in [1.29, 1.82) is 0 Å². The Morgan fingerprint density at radius 1 is 1.16 bits per heavy atom. The van der Waals surface area contributed by atoms with Gasteiger partial charge in [-0.1, -0.05) is 35.9 Å². The number of anilines is 1. The van der Waals surface area contributed by atoms with Crippen molar-refractivity contribution in [2.45, 2.75) is 31.3 Å². The Labute approximate surface area is 219 Å². The molecule has 5 rings (SSSR count). The van der Waals surface area contributed by atoms with Gasteiger partial charge in [-0.2, -0.15) is 5.10 Å². The number of carbonyl (C=O) groups is 1. The van der Waals surface area contributed by atoms with Gasteiger partial charge in [0, 0.05) is 18.3 Å². The minimum absolute atomic E-state index is 0.0107. The molecule has 0 unspecified atom stereocenters. The lowest BCUT2D eigenvalue weighted by Gasteiger charge is -2.30. The first-order valence-corrected chi connectivity index (χ1v) is 13.1. The van der Waals surface area contributed by atoms with E-state index in [0.717, 1.165) is 8.65 Å². The molecule has 3 heterocycles. The van der Waals surface area contributed by atoms with Crippen LogP contribution in [0.4, 0.5) is 14.5 Å². The van der Waals surface area contributed by atoms with Crippen LogP contribution in [0.5, 0.6) is 5.75 Å². The largest absolute Gasteiger partial charge is 0.535 e. The first-order valence-electron chi connectivity index (χ1n) is 11.2. The highest BCUT2D eigenvalue weighted by atomic mass is 35.5. The fourth-order valence-corrected chi connectivity index (χ4v) is 5.90. The van der Waals surface area contributed by atoms with Gasteiger partial charge in [-0.3, -0.25) is 14.3 Å². The molecule has 1 aliphatic rings. The van der Waals surface area contributed by atoms with Gasteiger partial charge in [-0.15, -0.1) is 8.78 Å². The van der Waals surface area contributed by atoms with Crippen LogP contribution in [-0.2, 0) is 32.7 Å². The number of alkyl halides is 2. The van der Waals surface area contributed by atoms with E-state index in [0.29, 0.717) is 0 Å². The number of carbonyl (C=O) groups excluding carboxylic acids is 1. The summed E-state index contributed by atoms with van der Waals surface area (Å²) < 4.78 is 63.9. The molecule has 0 spiro atoms. The van der Waals surface area contributed by atoms with E-state index in [1.54, 1.807) is 25.1 Å². The molecule has 0 bridgehead atoms. The zero-order valence-electron chi connectivity index (χ0n) is 19.7. The Balaban J connectivity index is 1.50. The molecule has 0 radical (unpaired) electrons. The van der Waals surface area contributed by atoms with Crippen LogP contribution in [-0.4, -0.2) is 40.9 Å². The van der Waals surface area contributed by atoms with Gasteiger partial charge >= 0.3 is 6.29 Å². The molecule has 0 saturated carbocycles. The molecule has 0 atom stereocenters. The van der Waals surface area contributed by atoms with E-state index >= 15 is 0 Å². The standard InChI is InChI=1S/C24H19ClF2N4O6S/c1-2-29(18-9-6-10-19-17(18)14-36-24(26,27)37-19)20(32)13-30-23(33)16-11-12-31(21(16)22(25)28-30)38(34,35)15-7-4-3-5-8-15/h3-12H,2,13-14H2,1H3. The van der Waals surface area contributed by atoms with Crippen molar-refractivity contribution in [3.05, 3.63) is 81.9 Å². The number of likely N-dealkylation sites (N-methyl/N-ethyl adjacent to an activating group) is 1. The van der Waals surface area contributed by atoms with Crippen LogP contribution in [0.2, 0.25) is 5.15 Å². The van der Waals surface area contributed by atoms with E-state index in [1.165, 1.54) is 47.5 Å². The van der Waals surface area contributed by atoms with Gasteiger partial charge in [0.25, 0.3) is 15.6 Å². The summed E-state index contributed by atoms with van der Waals surface area (Å²) in [6, 6.07) is 13.2. The number of halogens is 3. The van der Waals surface area contributed by atoms with Crippen LogP contribution in [0.1, 0.15) is 12.5 Å². The van der Waals surface area contributed by atoms with Crippen LogP contribution in [0.15, 0.2) is 70.5 Å². The quantitative estimate of drug-likeness (QED) is 0.352. The summed E-state index contributed by atoms with van der Waals surface area (Å²) in [6.07, 6.45) is -2.60. The lowest BCUT2D eigenvalue weighted by molar-refractivity contribution is -0.367. The SMILES string of the molecule is CCN(C(=O)Cn1nc(Cl)c2c(ccn2S(=O)(=O)c2ccccc2)c1=O)c1cccc2c1COC(F)(F)O2. The molecule has 2 aromatic heterocycles. The summed E-state index contributed by atoms with van der Waals surface area (Å²) in [7, 11) is -4.08. The third-order valence-corrected chi connectivity index (χ3v) is 7.88. The fourth-order valence-electron chi connectivity index (χ4n) is 4.20. The first-order chi connectivity index (χ1) is 18.0. The van der Waals surface area contributed by atoms with Crippen molar-refractivity contribution in [2.24, 2.45) is 0 Å². The van der Waals surface area contributed by atoms with E-state index in [-0.39, 0.29) is 44.5 Å². The van der Waals surface area contributed by atoms with Gasteiger partial charge in [0.1, 0.15) is 17.8 Å². The molecule has 14 heteroatoms. The molecule has 1 aliphatic heterocycles. The Kier molecular flexibility index (Phi) is 6.45. The maximum absolute atomic E-state index is 13.5. The summed E-state index contributed by atoms with van der Waals surface area (Å²) in [4.78, 5) is 27.7. The van der Waals surface area contributed by atoms with Crippen LogP contribution < -0.4 is 15.2 Å². The Morgan fingerprint density at radius 2 is 1.89 bits per heavy atom. The molecule has 1 amide bonds. The molecule has 38 heavy (non-hydrogen) atoms. The fraction of sp³-hybridized carbons (Fsp3) is 0.208. The highest BCUT2D eigenvalue weighted by molar-refractivity contribution is 7.90. The van der Waals surface area contributed by atoms with Gasteiger partial charge < -0.3 is 9.64 Å². The number of nitrogens with zero attached hydrogens (tertiary/aromatic N) is 4. The number of benzene rings is 2. The number of hydrogen-bond donors (Lipinski definition) is 0. The molecular weight excluding hydrogens is 546 g/mol. The second-order valence-corrected chi connectivity index (χ2v) is 10.4. The van der Waals surface area contributed by atoms with Gasteiger partial charge in [0.2, 0.25) is 5.91 Å². The Hall–Kier alpha value is -3.81. The number of amides is 1. The molecule has 198 valence electrons. The van der Waals surface area contributed by atoms with Crippen LogP contribution in [0, 0.1) is 0 Å². The van der Waals surface area contributed by atoms with E-state index in [1.807, 2.05) is 0 Å². The van der Waals surface area contributed by atoms with Gasteiger partial charge in [0.05, 0.1) is 22.6 Å². The second kappa shape index (κ2) is 9.49. The summed E-state index contributed by atoms with van der Waals surface area (Å²) in [5.74, 6) is -0.731. The summed E-state index contributed by atoms with van der Waals surface area (Å²) in [5.41, 5.74) is -0.349. The van der Waals surface area contributed by atoms with E-state index in [2.05, 4.69) is 14.6 Å². The summed E-state index contributed by atoms with van der Waals surface area (Å²) in [6.45, 7) is 0.738. The predicted molar refractivity (Wildman–Crippen MR) is 133 cm³/mol. The third-order valence-electron chi connectivity index (χ3n) is 5.94. The smallest absolute Gasteiger partial charge is 0.409 e. The van der Waals surface area contributed by atoms with E-state index in [9.17, 15) is 26.8 Å². The summed E-state index contributed by atoms with van der Waals surface area (Å²) >= 11 is 6.32. The van der Waals surface area contributed by atoms with E-state index in [4.69, 9.17) is 11.6 Å². The third kappa shape index (κ3) is 4.42. The molecule has 0 saturated heterocycles. The van der Waals surface area contributed by atoms with Crippen LogP contribution in [0.3, 0.4) is 0 Å². The van der Waals surface area contributed by atoms with Crippen molar-refractivity contribution < 1.29 is 31.5 Å². The predicted octanol–water partition coefficient (Wildman–Crippen LogP) is 3.60. The maximum Gasteiger partial charge on any atom is 0.535 e. The normalized spacial score (nSPS) is 14.6. The lowest BCUT2D eigenvalue weighted by atomic mass is 10.1. The van der Waals surface area contributed by atoms with Crippen molar-refractivity contribution in [2.75, 3.05) is 11.4 Å². The van der Waals surface area contributed by atoms with Crippen LogP contribution >= 0.6 is 11.6 Å². The van der Waals surface area contributed by atoms with Gasteiger partial charge in [0.15, 0.2) is 5.15 Å². The van der Waals surface area contributed by atoms with Crippen molar-refractivity contribution >= 4 is 44.1 Å². The molecular formula is C24H19ClF2N4O6S. The monoisotopic (exact) mass is 564 g/mol. The number of hydrogen-bond acceptors (Lipinski definition) is 7. The minimum Gasteiger partial charge on any atom is -0.409 e. The average Bonchev–Trinajstić information content (AvgIpc) is 3.35. The topological polar surface area (TPSA) is 113 Å². The number of fused-ring (bicyclic) bond motifs is 2. The van der Waals surface area contributed by atoms with Gasteiger partial charge in [-0.25, -0.2) is 17.1 Å². The number of rotatable bonds is 6. The number of aromatic nitrogens is 3. The maximum atomic E-state index is 13.5. The lowest BCUT2D eigenvalue weighted by Crippen LogP contribution is -2.39. The van der Waals surface area contributed by atoms with Crippen molar-refractivity contribution in [1.82, 2.24) is 13.8 Å². The van der Waals surface area contributed by atoms with Gasteiger partial charge in [-0.05, 0) is 37.3 Å². The Bertz CT molecular complexity index is 1720. The highest BCUT2D eigenvalue weighted by Gasteiger charge is 2.40. The zero-order chi connectivity index (χ0) is 27.2. The molecule has 0 aliphatic carbocycles. The highest BCUT2D eigenvalue weighted by Crippen LogP contribution is 2.38. The van der Waals surface area contributed by atoms with Crippen molar-refractivity contribution in [3.63, 3.8) is 0 Å². The molecule has 2 aromatic carbocycles. The zero-order valence-corrected chi connectivity index (χ0v) is 21.2.